The number of rotatable bonds is 6. The second kappa shape index (κ2) is 6.86. The first-order valence-corrected chi connectivity index (χ1v) is 8.57. The van der Waals surface area contributed by atoms with Crippen LogP contribution in [0.3, 0.4) is 0 Å². The van der Waals surface area contributed by atoms with Crippen LogP contribution in [0.5, 0.6) is 0 Å². The molecule has 1 atom stereocenters. The van der Waals surface area contributed by atoms with Crippen LogP contribution < -0.4 is 5.32 Å². The molecule has 1 fully saturated rings. The molecule has 3 heterocycles. The number of amides is 1. The molecule has 1 amide bonds. The Kier molecular flexibility index (Phi) is 4.84. The zero-order valence-corrected chi connectivity index (χ0v) is 13.9. The number of carbonyl (C=O) groups excluding carboxylic acids is 1. The molecule has 0 aromatic carbocycles. The number of furan rings is 1. The van der Waals surface area contributed by atoms with Crippen molar-refractivity contribution in [2.75, 3.05) is 26.4 Å². The average Bonchev–Trinajstić information content (AvgIpc) is 3.25. The molecule has 1 aliphatic heterocycles. The molecule has 2 aromatic heterocycles. The molecule has 1 aliphatic rings. The van der Waals surface area contributed by atoms with Gasteiger partial charge in [0.15, 0.2) is 0 Å². The number of aliphatic hydroxyl groups excluding tert-OH is 1. The standard InChI is InChI=1S/C17H21NO4S/c1-12-2-3-13(22-12)14-4-5-15(23-14)16(20)18-10-17(6-8-19)7-9-21-11-17/h2-5,19H,6-11H2,1H3,(H,18,20)/t17-/m0/s1. The van der Waals surface area contributed by atoms with Crippen molar-refractivity contribution in [3.8, 4) is 10.6 Å². The van der Waals surface area contributed by atoms with E-state index in [0.29, 0.717) is 31.1 Å². The van der Waals surface area contributed by atoms with E-state index < -0.39 is 0 Å². The molecule has 5 nitrogen and oxygen atoms in total. The SMILES string of the molecule is Cc1ccc(-c2ccc(C(=O)NC[C@]3(CCO)CCOC3)s2)o1. The number of ether oxygens (including phenoxy) is 1. The van der Waals surface area contributed by atoms with Crippen LogP contribution in [0.15, 0.2) is 28.7 Å². The average molecular weight is 335 g/mol. The van der Waals surface area contributed by atoms with Gasteiger partial charge in [0.2, 0.25) is 0 Å². The molecule has 3 rings (SSSR count). The summed E-state index contributed by atoms with van der Waals surface area (Å²) in [6.45, 7) is 3.82. The third-order valence-corrected chi connectivity index (χ3v) is 5.36. The predicted molar refractivity (Wildman–Crippen MR) is 88.7 cm³/mol. The highest BCUT2D eigenvalue weighted by atomic mass is 32.1. The summed E-state index contributed by atoms with van der Waals surface area (Å²) in [6, 6.07) is 7.54. The summed E-state index contributed by atoms with van der Waals surface area (Å²) >= 11 is 1.42. The third-order valence-electron chi connectivity index (χ3n) is 4.26. The number of hydrogen-bond acceptors (Lipinski definition) is 5. The van der Waals surface area contributed by atoms with Crippen LogP contribution in [0, 0.1) is 12.3 Å². The minimum absolute atomic E-state index is 0.0891. The first kappa shape index (κ1) is 16.2. The highest BCUT2D eigenvalue weighted by molar-refractivity contribution is 7.17. The van der Waals surface area contributed by atoms with Crippen LogP contribution in [-0.4, -0.2) is 37.4 Å². The fraction of sp³-hybridized carbons (Fsp3) is 0.471. The summed E-state index contributed by atoms with van der Waals surface area (Å²) in [7, 11) is 0. The van der Waals surface area contributed by atoms with Crippen molar-refractivity contribution in [1.82, 2.24) is 5.32 Å². The minimum Gasteiger partial charge on any atom is -0.461 e. The van der Waals surface area contributed by atoms with Gasteiger partial charge in [-0.25, -0.2) is 0 Å². The Bertz CT molecular complexity index is 670. The van der Waals surface area contributed by atoms with Gasteiger partial charge in [-0.2, -0.15) is 0 Å². The van der Waals surface area contributed by atoms with Crippen LogP contribution in [0.4, 0.5) is 0 Å². The monoisotopic (exact) mass is 335 g/mol. The number of carbonyl (C=O) groups is 1. The topological polar surface area (TPSA) is 71.7 Å². The summed E-state index contributed by atoms with van der Waals surface area (Å²) in [5.74, 6) is 1.55. The zero-order chi connectivity index (χ0) is 16.3. The molecular weight excluding hydrogens is 314 g/mol. The van der Waals surface area contributed by atoms with E-state index >= 15 is 0 Å². The maximum atomic E-state index is 12.4. The summed E-state index contributed by atoms with van der Waals surface area (Å²) < 4.78 is 11.0. The molecule has 0 spiro atoms. The van der Waals surface area contributed by atoms with Crippen molar-refractivity contribution in [2.24, 2.45) is 5.41 Å². The molecule has 2 aromatic rings. The van der Waals surface area contributed by atoms with Gasteiger partial charge in [0.25, 0.3) is 5.91 Å². The van der Waals surface area contributed by atoms with E-state index in [2.05, 4.69) is 5.32 Å². The number of aryl methyl sites for hydroxylation is 1. The maximum absolute atomic E-state index is 12.4. The molecule has 124 valence electrons. The molecule has 0 radical (unpaired) electrons. The Labute approximate surface area is 139 Å². The van der Waals surface area contributed by atoms with Crippen LogP contribution in [0.2, 0.25) is 0 Å². The van der Waals surface area contributed by atoms with Crippen molar-refractivity contribution in [3.05, 3.63) is 34.9 Å². The van der Waals surface area contributed by atoms with Crippen LogP contribution in [0.25, 0.3) is 10.6 Å². The molecule has 23 heavy (non-hydrogen) atoms. The van der Waals surface area contributed by atoms with Crippen molar-refractivity contribution in [3.63, 3.8) is 0 Å². The van der Waals surface area contributed by atoms with Gasteiger partial charge >= 0.3 is 0 Å². The second-order valence-electron chi connectivity index (χ2n) is 6.03. The zero-order valence-electron chi connectivity index (χ0n) is 13.1. The second-order valence-corrected chi connectivity index (χ2v) is 7.12. The Balaban J connectivity index is 1.63. The lowest BCUT2D eigenvalue weighted by Crippen LogP contribution is -2.38. The summed E-state index contributed by atoms with van der Waals surface area (Å²) in [5, 5.41) is 12.2. The Morgan fingerprint density at radius 1 is 1.39 bits per heavy atom. The molecule has 0 bridgehead atoms. The van der Waals surface area contributed by atoms with Crippen molar-refractivity contribution in [2.45, 2.75) is 19.8 Å². The lowest BCUT2D eigenvalue weighted by molar-refractivity contribution is 0.0893. The highest BCUT2D eigenvalue weighted by Crippen LogP contribution is 2.32. The summed E-state index contributed by atoms with van der Waals surface area (Å²) in [6.07, 6.45) is 1.52. The number of nitrogens with one attached hydrogen (secondary N) is 1. The first-order chi connectivity index (χ1) is 11.1. The number of hydrogen-bond donors (Lipinski definition) is 2. The van der Waals surface area contributed by atoms with E-state index in [1.807, 2.05) is 31.2 Å². The summed E-state index contributed by atoms with van der Waals surface area (Å²) in [5.41, 5.74) is -0.136. The van der Waals surface area contributed by atoms with Crippen LogP contribution >= 0.6 is 11.3 Å². The van der Waals surface area contributed by atoms with Gasteiger partial charge in [-0.05, 0) is 44.0 Å². The lowest BCUT2D eigenvalue weighted by atomic mass is 9.84. The van der Waals surface area contributed by atoms with Gasteiger partial charge in [0.05, 0.1) is 16.4 Å². The molecule has 0 aliphatic carbocycles. The fourth-order valence-corrected chi connectivity index (χ4v) is 3.71. The lowest BCUT2D eigenvalue weighted by Gasteiger charge is -2.26. The minimum atomic E-state index is -0.136. The number of aliphatic hydroxyl groups is 1. The van der Waals surface area contributed by atoms with E-state index in [4.69, 9.17) is 9.15 Å². The van der Waals surface area contributed by atoms with Gasteiger partial charge in [-0.1, -0.05) is 0 Å². The number of thiophene rings is 1. The molecule has 6 heteroatoms. The molecular formula is C17H21NO4S. The quantitative estimate of drug-likeness (QED) is 0.851. The van der Waals surface area contributed by atoms with Crippen molar-refractivity contribution in [1.29, 1.82) is 0 Å². The summed E-state index contributed by atoms with van der Waals surface area (Å²) in [4.78, 5) is 14.0. The largest absolute Gasteiger partial charge is 0.461 e. The molecule has 1 saturated heterocycles. The molecule has 2 N–H and O–H groups in total. The normalized spacial score (nSPS) is 20.8. The third kappa shape index (κ3) is 3.65. The Morgan fingerprint density at radius 2 is 2.26 bits per heavy atom. The molecule has 0 saturated carbocycles. The maximum Gasteiger partial charge on any atom is 0.261 e. The van der Waals surface area contributed by atoms with Gasteiger partial charge < -0.3 is 19.6 Å². The van der Waals surface area contributed by atoms with E-state index in [9.17, 15) is 9.90 Å². The van der Waals surface area contributed by atoms with Crippen molar-refractivity contribution < 1.29 is 19.1 Å². The van der Waals surface area contributed by atoms with Crippen molar-refractivity contribution >= 4 is 17.2 Å². The first-order valence-electron chi connectivity index (χ1n) is 7.75. The van der Waals surface area contributed by atoms with Gasteiger partial charge in [0.1, 0.15) is 11.5 Å². The fourth-order valence-electron chi connectivity index (χ4n) is 2.83. The predicted octanol–water partition coefficient (Wildman–Crippen LogP) is 2.84. The van der Waals surface area contributed by atoms with Crippen LogP contribution in [-0.2, 0) is 4.74 Å². The van der Waals surface area contributed by atoms with E-state index in [1.165, 1.54) is 11.3 Å². The van der Waals surface area contributed by atoms with E-state index in [-0.39, 0.29) is 17.9 Å². The Morgan fingerprint density at radius 3 is 2.91 bits per heavy atom. The van der Waals surface area contributed by atoms with E-state index in [0.717, 1.165) is 22.8 Å². The van der Waals surface area contributed by atoms with E-state index in [1.54, 1.807) is 0 Å². The van der Waals surface area contributed by atoms with Gasteiger partial charge in [-0.15, -0.1) is 11.3 Å². The highest BCUT2D eigenvalue weighted by Gasteiger charge is 2.34. The smallest absolute Gasteiger partial charge is 0.261 e. The molecule has 0 unspecified atom stereocenters. The van der Waals surface area contributed by atoms with Gasteiger partial charge in [-0.3, -0.25) is 4.79 Å². The van der Waals surface area contributed by atoms with Gasteiger partial charge in [0, 0.05) is 25.2 Å². The van der Waals surface area contributed by atoms with Crippen LogP contribution in [0.1, 0.15) is 28.3 Å². The Hall–Kier alpha value is -1.63.